The maximum absolute atomic E-state index is 12.7. The minimum atomic E-state index is -4.57. The van der Waals surface area contributed by atoms with Crippen molar-refractivity contribution in [2.75, 3.05) is 13.2 Å². The van der Waals surface area contributed by atoms with Gasteiger partial charge in [0.05, 0.1) is 11.0 Å². The van der Waals surface area contributed by atoms with Gasteiger partial charge in [-0.25, -0.2) is 4.98 Å². The lowest BCUT2D eigenvalue weighted by Gasteiger charge is -2.26. The van der Waals surface area contributed by atoms with Crippen molar-refractivity contribution in [3.05, 3.63) is 53.9 Å². The Balaban J connectivity index is 1.35. The first kappa shape index (κ1) is 18.1. The van der Waals surface area contributed by atoms with Crippen LogP contribution in [0.1, 0.15) is 22.6 Å². The van der Waals surface area contributed by atoms with Crippen molar-refractivity contribution in [1.82, 2.24) is 15.3 Å². The fourth-order valence-corrected chi connectivity index (χ4v) is 2.94. The predicted octanol–water partition coefficient (Wildman–Crippen LogP) is 3.54. The SMILES string of the molecule is O=C(NCC[C@H]1COc2ccccc2O1)c1ccc2nc(C(F)(F)F)[nH]c2c1. The van der Waals surface area contributed by atoms with Gasteiger partial charge in [-0.1, -0.05) is 12.1 Å². The van der Waals surface area contributed by atoms with Gasteiger partial charge in [-0.05, 0) is 30.3 Å². The fraction of sp³-hybridized carbons (Fsp3) is 0.263. The minimum Gasteiger partial charge on any atom is -0.486 e. The first-order chi connectivity index (χ1) is 13.4. The molecule has 1 amide bonds. The van der Waals surface area contributed by atoms with E-state index in [-0.39, 0.29) is 28.6 Å². The van der Waals surface area contributed by atoms with Crippen LogP contribution in [0.15, 0.2) is 42.5 Å². The molecule has 0 aliphatic carbocycles. The third-order valence-corrected chi connectivity index (χ3v) is 4.33. The van der Waals surface area contributed by atoms with Crippen LogP contribution in [0.3, 0.4) is 0 Å². The number of imidazole rings is 1. The molecule has 0 spiro atoms. The molecule has 1 aliphatic heterocycles. The lowest BCUT2D eigenvalue weighted by molar-refractivity contribution is -0.144. The number of hydrogen-bond acceptors (Lipinski definition) is 4. The number of H-pyrrole nitrogens is 1. The van der Waals surface area contributed by atoms with Gasteiger partial charge >= 0.3 is 6.18 Å². The number of aromatic amines is 1. The Morgan fingerprint density at radius 2 is 2.00 bits per heavy atom. The topological polar surface area (TPSA) is 76.2 Å². The molecule has 0 fully saturated rings. The van der Waals surface area contributed by atoms with Gasteiger partial charge in [0.1, 0.15) is 12.7 Å². The summed E-state index contributed by atoms with van der Waals surface area (Å²) in [5.41, 5.74) is 0.548. The summed E-state index contributed by atoms with van der Waals surface area (Å²) in [5, 5.41) is 2.74. The third-order valence-electron chi connectivity index (χ3n) is 4.33. The van der Waals surface area contributed by atoms with Crippen molar-refractivity contribution in [2.24, 2.45) is 0 Å². The smallest absolute Gasteiger partial charge is 0.449 e. The Bertz CT molecular complexity index is 1020. The highest BCUT2D eigenvalue weighted by atomic mass is 19.4. The van der Waals surface area contributed by atoms with E-state index in [0.29, 0.717) is 31.1 Å². The number of fused-ring (bicyclic) bond motifs is 2. The number of rotatable bonds is 4. The summed E-state index contributed by atoms with van der Waals surface area (Å²) >= 11 is 0. The van der Waals surface area contributed by atoms with Gasteiger partial charge in [0, 0.05) is 18.5 Å². The van der Waals surface area contributed by atoms with Crippen LogP contribution in [-0.4, -0.2) is 35.1 Å². The molecule has 1 aromatic heterocycles. The maximum Gasteiger partial charge on any atom is 0.449 e. The van der Waals surface area contributed by atoms with E-state index in [4.69, 9.17) is 9.47 Å². The molecular formula is C19H16F3N3O3. The number of alkyl halides is 3. The Labute approximate surface area is 157 Å². The van der Waals surface area contributed by atoms with Gasteiger partial charge in [0.15, 0.2) is 11.5 Å². The summed E-state index contributed by atoms with van der Waals surface area (Å²) < 4.78 is 49.6. The first-order valence-electron chi connectivity index (χ1n) is 8.64. The quantitative estimate of drug-likeness (QED) is 0.713. The first-order valence-corrected chi connectivity index (χ1v) is 8.64. The maximum atomic E-state index is 12.7. The number of hydrogen-bond donors (Lipinski definition) is 2. The highest BCUT2D eigenvalue weighted by Gasteiger charge is 2.34. The molecule has 2 aromatic carbocycles. The van der Waals surface area contributed by atoms with Gasteiger partial charge in [0.2, 0.25) is 5.82 Å². The number of nitrogens with zero attached hydrogens (tertiary/aromatic N) is 1. The van der Waals surface area contributed by atoms with Crippen LogP contribution in [0.4, 0.5) is 13.2 Å². The lowest BCUT2D eigenvalue weighted by Crippen LogP contribution is -2.34. The number of carbonyl (C=O) groups is 1. The zero-order chi connectivity index (χ0) is 19.7. The molecule has 2 heterocycles. The molecule has 3 aromatic rings. The zero-order valence-electron chi connectivity index (χ0n) is 14.5. The van der Waals surface area contributed by atoms with Crippen LogP contribution in [0.25, 0.3) is 11.0 Å². The Kier molecular flexibility index (Phi) is 4.58. The molecular weight excluding hydrogens is 375 g/mol. The summed E-state index contributed by atoms with van der Waals surface area (Å²) in [4.78, 5) is 18.0. The van der Waals surface area contributed by atoms with E-state index in [1.165, 1.54) is 18.2 Å². The van der Waals surface area contributed by atoms with Crippen molar-refractivity contribution < 1.29 is 27.4 Å². The van der Waals surface area contributed by atoms with Gasteiger partial charge in [-0.15, -0.1) is 0 Å². The summed E-state index contributed by atoms with van der Waals surface area (Å²) in [6.07, 6.45) is -4.23. The van der Waals surface area contributed by atoms with E-state index in [9.17, 15) is 18.0 Å². The summed E-state index contributed by atoms with van der Waals surface area (Å²) in [5.74, 6) is -0.124. The molecule has 0 bridgehead atoms. The second-order valence-corrected chi connectivity index (χ2v) is 6.36. The molecule has 0 saturated carbocycles. The standard InChI is InChI=1S/C19H16F3N3O3/c20-19(21,22)18-24-13-6-5-11(9-14(13)25-18)17(26)23-8-7-12-10-27-15-3-1-2-4-16(15)28-12/h1-6,9,12H,7-8,10H2,(H,23,26)(H,24,25)/t12-/m0/s1. The fourth-order valence-electron chi connectivity index (χ4n) is 2.94. The van der Waals surface area contributed by atoms with Crippen LogP contribution in [0, 0.1) is 0 Å². The second-order valence-electron chi connectivity index (χ2n) is 6.36. The highest BCUT2D eigenvalue weighted by Crippen LogP contribution is 2.31. The van der Waals surface area contributed by atoms with Crippen LogP contribution >= 0.6 is 0 Å². The number of amides is 1. The van der Waals surface area contributed by atoms with Crippen molar-refractivity contribution >= 4 is 16.9 Å². The van der Waals surface area contributed by atoms with E-state index in [2.05, 4.69) is 15.3 Å². The number of carbonyl (C=O) groups excluding carboxylic acids is 1. The van der Waals surface area contributed by atoms with E-state index in [1.54, 1.807) is 0 Å². The van der Waals surface area contributed by atoms with E-state index in [0.717, 1.165) is 0 Å². The number of nitrogens with one attached hydrogen (secondary N) is 2. The Morgan fingerprint density at radius 3 is 2.79 bits per heavy atom. The largest absolute Gasteiger partial charge is 0.486 e. The van der Waals surface area contributed by atoms with Gasteiger partial charge in [0.25, 0.3) is 5.91 Å². The molecule has 6 nitrogen and oxygen atoms in total. The predicted molar refractivity (Wildman–Crippen MR) is 94.4 cm³/mol. The number of halogens is 3. The van der Waals surface area contributed by atoms with E-state index in [1.807, 2.05) is 24.3 Å². The number of benzene rings is 2. The molecule has 2 N–H and O–H groups in total. The molecule has 0 saturated heterocycles. The number of aromatic nitrogens is 2. The normalized spacial score (nSPS) is 16.2. The van der Waals surface area contributed by atoms with Crippen LogP contribution < -0.4 is 14.8 Å². The van der Waals surface area contributed by atoms with Crippen LogP contribution in [0.2, 0.25) is 0 Å². The zero-order valence-corrected chi connectivity index (χ0v) is 14.5. The lowest BCUT2D eigenvalue weighted by atomic mass is 10.1. The molecule has 9 heteroatoms. The second kappa shape index (κ2) is 7.06. The number of para-hydroxylation sites is 2. The molecule has 0 radical (unpaired) electrons. The monoisotopic (exact) mass is 391 g/mol. The third kappa shape index (κ3) is 3.73. The molecule has 1 atom stereocenters. The van der Waals surface area contributed by atoms with Gasteiger partial charge in [-0.3, -0.25) is 4.79 Å². The molecule has 0 unspecified atom stereocenters. The van der Waals surface area contributed by atoms with E-state index < -0.39 is 12.0 Å². The van der Waals surface area contributed by atoms with Crippen molar-refractivity contribution in [2.45, 2.75) is 18.7 Å². The van der Waals surface area contributed by atoms with Crippen molar-refractivity contribution in [3.63, 3.8) is 0 Å². The summed E-state index contributed by atoms with van der Waals surface area (Å²) in [6, 6.07) is 11.5. The number of ether oxygens (including phenoxy) is 2. The molecule has 28 heavy (non-hydrogen) atoms. The summed E-state index contributed by atoms with van der Waals surface area (Å²) in [6.45, 7) is 0.719. The van der Waals surface area contributed by atoms with Crippen molar-refractivity contribution in [3.8, 4) is 11.5 Å². The average molecular weight is 391 g/mol. The van der Waals surface area contributed by atoms with Crippen molar-refractivity contribution in [1.29, 1.82) is 0 Å². The molecule has 4 rings (SSSR count). The Hall–Kier alpha value is -3.23. The Morgan fingerprint density at radius 1 is 1.21 bits per heavy atom. The summed E-state index contributed by atoms with van der Waals surface area (Å²) in [7, 11) is 0. The highest BCUT2D eigenvalue weighted by molar-refractivity contribution is 5.97. The van der Waals surface area contributed by atoms with Gasteiger partial charge in [-0.2, -0.15) is 13.2 Å². The van der Waals surface area contributed by atoms with Crippen LogP contribution in [-0.2, 0) is 6.18 Å². The van der Waals surface area contributed by atoms with Gasteiger partial charge < -0.3 is 19.8 Å². The minimum absolute atomic E-state index is 0.148. The average Bonchev–Trinajstić information content (AvgIpc) is 3.11. The molecule has 146 valence electrons. The van der Waals surface area contributed by atoms with E-state index >= 15 is 0 Å². The molecule has 1 aliphatic rings. The van der Waals surface area contributed by atoms with Crippen LogP contribution in [0.5, 0.6) is 11.5 Å².